The van der Waals surface area contributed by atoms with Gasteiger partial charge in [0, 0.05) is 0 Å². The molecule has 0 spiro atoms. The fourth-order valence-electron chi connectivity index (χ4n) is 0.916. The summed E-state index contributed by atoms with van der Waals surface area (Å²) < 4.78 is 0. The van der Waals surface area contributed by atoms with Crippen molar-refractivity contribution in [2.45, 2.75) is 19.3 Å². The maximum atomic E-state index is 4.19. The standard InChI is InChI=1S/C8H12S2/c1-7(2-4-9)8-3-5-10-6-8/h3,5-7,9H,2,4H2,1H3. The Bertz CT molecular complexity index is 167. The Kier molecular flexibility index (Phi) is 3.29. The van der Waals surface area contributed by atoms with Gasteiger partial charge in [-0.2, -0.15) is 24.0 Å². The number of rotatable bonds is 3. The van der Waals surface area contributed by atoms with E-state index in [2.05, 4.69) is 36.4 Å². The molecule has 0 saturated heterocycles. The first-order chi connectivity index (χ1) is 4.84. The first-order valence-electron chi connectivity index (χ1n) is 3.47. The van der Waals surface area contributed by atoms with Gasteiger partial charge in [-0.1, -0.05) is 6.92 Å². The molecule has 1 aromatic heterocycles. The quantitative estimate of drug-likeness (QED) is 0.665. The first-order valence-corrected chi connectivity index (χ1v) is 5.05. The van der Waals surface area contributed by atoms with E-state index in [1.807, 2.05) is 0 Å². The van der Waals surface area contributed by atoms with Crippen LogP contribution in [0.3, 0.4) is 0 Å². The lowest BCUT2D eigenvalue weighted by Gasteiger charge is -2.05. The molecule has 0 amide bonds. The molecule has 1 atom stereocenters. The second kappa shape index (κ2) is 4.04. The van der Waals surface area contributed by atoms with Crippen molar-refractivity contribution in [1.29, 1.82) is 0 Å². The van der Waals surface area contributed by atoms with Gasteiger partial charge in [-0.3, -0.25) is 0 Å². The molecular formula is C8H12S2. The lowest BCUT2D eigenvalue weighted by Crippen LogP contribution is -1.90. The van der Waals surface area contributed by atoms with E-state index < -0.39 is 0 Å². The molecule has 1 rings (SSSR count). The number of hydrogen-bond donors (Lipinski definition) is 1. The SMILES string of the molecule is CC(CCS)c1ccsc1. The van der Waals surface area contributed by atoms with Crippen LogP contribution in [0.1, 0.15) is 24.8 Å². The van der Waals surface area contributed by atoms with Gasteiger partial charge in [0.05, 0.1) is 0 Å². The van der Waals surface area contributed by atoms with E-state index in [0.717, 1.165) is 5.75 Å². The number of thiophene rings is 1. The molecule has 1 unspecified atom stereocenters. The average molecular weight is 172 g/mol. The normalized spacial score (nSPS) is 13.4. The second-order valence-corrected chi connectivity index (χ2v) is 3.70. The number of hydrogen-bond acceptors (Lipinski definition) is 2. The molecule has 0 saturated carbocycles. The van der Waals surface area contributed by atoms with Crippen molar-refractivity contribution >= 4 is 24.0 Å². The van der Waals surface area contributed by atoms with Crippen LogP contribution in [0.15, 0.2) is 16.8 Å². The van der Waals surface area contributed by atoms with Crippen LogP contribution in [0.25, 0.3) is 0 Å². The summed E-state index contributed by atoms with van der Waals surface area (Å²) in [6.45, 7) is 2.25. The predicted octanol–water partition coefficient (Wildman–Crippen LogP) is 3.17. The molecule has 0 N–H and O–H groups in total. The second-order valence-electron chi connectivity index (χ2n) is 2.47. The highest BCUT2D eigenvalue weighted by Crippen LogP contribution is 2.21. The third kappa shape index (κ3) is 2.03. The molecule has 1 aromatic rings. The molecule has 0 aliphatic heterocycles. The zero-order chi connectivity index (χ0) is 7.40. The van der Waals surface area contributed by atoms with E-state index in [9.17, 15) is 0 Å². The Morgan fingerprint density at radius 1 is 1.70 bits per heavy atom. The minimum Gasteiger partial charge on any atom is -0.179 e. The minimum atomic E-state index is 0.684. The van der Waals surface area contributed by atoms with Crippen molar-refractivity contribution in [3.63, 3.8) is 0 Å². The van der Waals surface area contributed by atoms with Gasteiger partial charge >= 0.3 is 0 Å². The molecule has 0 nitrogen and oxygen atoms in total. The Balaban J connectivity index is 2.50. The largest absolute Gasteiger partial charge is 0.179 e. The van der Waals surface area contributed by atoms with Gasteiger partial charge in [-0.05, 0) is 40.5 Å². The zero-order valence-corrected chi connectivity index (χ0v) is 7.79. The van der Waals surface area contributed by atoms with Gasteiger partial charge in [-0.15, -0.1) is 0 Å². The van der Waals surface area contributed by atoms with Gasteiger partial charge in [-0.25, -0.2) is 0 Å². The van der Waals surface area contributed by atoms with Crippen LogP contribution >= 0.6 is 24.0 Å². The Hall–Kier alpha value is 0.0500. The predicted molar refractivity (Wildman–Crippen MR) is 51.2 cm³/mol. The Morgan fingerprint density at radius 3 is 3.00 bits per heavy atom. The molecule has 0 aliphatic carbocycles. The molecule has 0 bridgehead atoms. The van der Waals surface area contributed by atoms with Gasteiger partial charge in [0.25, 0.3) is 0 Å². The minimum absolute atomic E-state index is 0.684. The van der Waals surface area contributed by atoms with E-state index in [0.29, 0.717) is 5.92 Å². The summed E-state index contributed by atoms with van der Waals surface area (Å²) in [4.78, 5) is 0. The van der Waals surface area contributed by atoms with Crippen molar-refractivity contribution in [2.75, 3.05) is 5.75 Å². The summed E-state index contributed by atoms with van der Waals surface area (Å²) in [5.41, 5.74) is 1.46. The lowest BCUT2D eigenvalue weighted by molar-refractivity contribution is 0.745. The van der Waals surface area contributed by atoms with Crippen molar-refractivity contribution < 1.29 is 0 Å². The van der Waals surface area contributed by atoms with Crippen LogP contribution in [0.5, 0.6) is 0 Å². The third-order valence-electron chi connectivity index (χ3n) is 1.67. The molecule has 0 radical (unpaired) electrons. The Morgan fingerprint density at radius 2 is 2.50 bits per heavy atom. The molecule has 10 heavy (non-hydrogen) atoms. The molecule has 0 aliphatic rings. The average Bonchev–Trinajstić information content (AvgIpc) is 2.38. The smallest absolute Gasteiger partial charge is 0.00585 e. The van der Waals surface area contributed by atoms with E-state index in [1.165, 1.54) is 12.0 Å². The van der Waals surface area contributed by atoms with Crippen molar-refractivity contribution in [1.82, 2.24) is 0 Å². The van der Waals surface area contributed by atoms with Crippen LogP contribution < -0.4 is 0 Å². The monoisotopic (exact) mass is 172 g/mol. The summed E-state index contributed by atoms with van der Waals surface area (Å²) in [5, 5.41) is 4.35. The van der Waals surface area contributed by atoms with Gasteiger partial charge in [0.2, 0.25) is 0 Å². The molecule has 1 heterocycles. The van der Waals surface area contributed by atoms with Gasteiger partial charge in [0.1, 0.15) is 0 Å². The highest BCUT2D eigenvalue weighted by atomic mass is 32.1. The van der Waals surface area contributed by atoms with E-state index in [-0.39, 0.29) is 0 Å². The van der Waals surface area contributed by atoms with Crippen molar-refractivity contribution in [3.8, 4) is 0 Å². The van der Waals surface area contributed by atoms with Crippen LogP contribution in [0, 0.1) is 0 Å². The topological polar surface area (TPSA) is 0 Å². The van der Waals surface area contributed by atoms with E-state index in [4.69, 9.17) is 0 Å². The first kappa shape index (κ1) is 8.15. The number of thiol groups is 1. The lowest BCUT2D eigenvalue weighted by atomic mass is 10.0. The highest BCUT2D eigenvalue weighted by molar-refractivity contribution is 7.80. The summed E-state index contributed by atoms with van der Waals surface area (Å²) in [5.74, 6) is 1.67. The molecule has 0 fully saturated rings. The van der Waals surface area contributed by atoms with Crippen LogP contribution in [-0.2, 0) is 0 Å². The fraction of sp³-hybridized carbons (Fsp3) is 0.500. The van der Waals surface area contributed by atoms with Crippen molar-refractivity contribution in [3.05, 3.63) is 22.4 Å². The fourth-order valence-corrected chi connectivity index (χ4v) is 2.09. The summed E-state index contributed by atoms with van der Waals surface area (Å²) in [7, 11) is 0. The van der Waals surface area contributed by atoms with Crippen LogP contribution in [0.2, 0.25) is 0 Å². The van der Waals surface area contributed by atoms with Crippen molar-refractivity contribution in [2.24, 2.45) is 0 Å². The van der Waals surface area contributed by atoms with Crippen LogP contribution in [-0.4, -0.2) is 5.75 Å². The molecule has 0 aromatic carbocycles. The van der Waals surface area contributed by atoms with Gasteiger partial charge in [0.15, 0.2) is 0 Å². The molecule has 56 valence electrons. The maximum Gasteiger partial charge on any atom is -0.00585 e. The summed E-state index contributed by atoms with van der Waals surface area (Å²) in [6, 6.07) is 2.19. The zero-order valence-electron chi connectivity index (χ0n) is 6.08. The summed E-state index contributed by atoms with van der Waals surface area (Å²) >= 11 is 5.96. The summed E-state index contributed by atoms with van der Waals surface area (Å²) in [6.07, 6.45) is 1.18. The Labute approximate surface area is 71.7 Å². The third-order valence-corrected chi connectivity index (χ3v) is 2.63. The highest BCUT2D eigenvalue weighted by Gasteiger charge is 2.02. The van der Waals surface area contributed by atoms with E-state index in [1.54, 1.807) is 11.3 Å². The van der Waals surface area contributed by atoms with E-state index >= 15 is 0 Å². The molecular weight excluding hydrogens is 160 g/mol. The molecule has 2 heteroatoms. The van der Waals surface area contributed by atoms with Crippen LogP contribution in [0.4, 0.5) is 0 Å². The van der Waals surface area contributed by atoms with Gasteiger partial charge < -0.3 is 0 Å². The maximum absolute atomic E-state index is 4.19.